The van der Waals surface area contributed by atoms with Crippen LogP contribution >= 0.6 is 11.6 Å². The van der Waals surface area contributed by atoms with E-state index in [1.54, 1.807) is 6.92 Å². The molecule has 0 saturated carbocycles. The Morgan fingerprint density at radius 3 is 2.64 bits per heavy atom. The number of amides is 3. The van der Waals surface area contributed by atoms with Gasteiger partial charge in [0.05, 0.1) is 23.7 Å². The maximum absolute atomic E-state index is 12.8. The van der Waals surface area contributed by atoms with Crippen LogP contribution in [-0.2, 0) is 14.3 Å². The number of benzene rings is 1. The molecule has 2 heterocycles. The van der Waals surface area contributed by atoms with E-state index in [4.69, 9.17) is 25.8 Å². The zero-order valence-electron chi connectivity index (χ0n) is 16.9. The summed E-state index contributed by atoms with van der Waals surface area (Å²) in [5.74, 6) is -1.84. The zero-order valence-corrected chi connectivity index (χ0v) is 17.6. The Morgan fingerprint density at radius 2 is 1.97 bits per heavy atom. The number of halogens is 4. The van der Waals surface area contributed by atoms with Gasteiger partial charge in [-0.25, -0.2) is 19.5 Å². The maximum atomic E-state index is 12.8. The summed E-state index contributed by atoms with van der Waals surface area (Å²) in [7, 11) is 0. The summed E-state index contributed by atoms with van der Waals surface area (Å²) >= 11 is 6.14. The number of hydrogen-bond acceptors (Lipinski definition) is 7. The van der Waals surface area contributed by atoms with Crippen molar-refractivity contribution in [3.05, 3.63) is 41.6 Å². The molecule has 33 heavy (non-hydrogen) atoms. The number of esters is 1. The van der Waals surface area contributed by atoms with Crippen molar-refractivity contribution in [2.24, 2.45) is 4.99 Å². The lowest BCUT2D eigenvalue weighted by Crippen LogP contribution is -2.44. The molecule has 0 spiro atoms. The maximum Gasteiger partial charge on any atom is 0.430 e. The molecule has 0 atom stereocenters. The molecule has 0 N–H and O–H groups in total. The molecule has 13 heteroatoms. The molecule has 9 nitrogen and oxygen atoms in total. The SMILES string of the molecule is CCOC(=O)COc1ncccc1Oc1cc(N2C(=O)CC(C(F)(F)F)=NC2=O)ccc1Cl. The molecule has 0 unspecified atom stereocenters. The van der Waals surface area contributed by atoms with Crippen molar-refractivity contribution in [3.8, 4) is 17.4 Å². The van der Waals surface area contributed by atoms with Crippen LogP contribution in [0.3, 0.4) is 0 Å². The predicted octanol–water partition coefficient (Wildman–Crippen LogP) is 4.33. The number of aromatic nitrogens is 1. The molecular weight excluding hydrogens is 471 g/mol. The quantitative estimate of drug-likeness (QED) is 0.537. The van der Waals surface area contributed by atoms with Crippen molar-refractivity contribution in [1.82, 2.24) is 4.98 Å². The highest BCUT2D eigenvalue weighted by Crippen LogP contribution is 2.37. The third-order valence-corrected chi connectivity index (χ3v) is 4.39. The van der Waals surface area contributed by atoms with Gasteiger partial charge >= 0.3 is 18.2 Å². The van der Waals surface area contributed by atoms with Gasteiger partial charge in [0.2, 0.25) is 5.91 Å². The zero-order chi connectivity index (χ0) is 24.2. The molecule has 1 aliphatic rings. The van der Waals surface area contributed by atoms with Gasteiger partial charge in [0, 0.05) is 12.3 Å². The Balaban J connectivity index is 1.85. The molecule has 0 aliphatic carbocycles. The van der Waals surface area contributed by atoms with Crippen molar-refractivity contribution >= 4 is 40.9 Å². The van der Waals surface area contributed by atoms with Crippen LogP contribution in [0.4, 0.5) is 23.7 Å². The third-order valence-electron chi connectivity index (χ3n) is 4.08. The molecule has 3 amide bonds. The summed E-state index contributed by atoms with van der Waals surface area (Å²) < 4.78 is 54.2. The van der Waals surface area contributed by atoms with Gasteiger partial charge in [-0.3, -0.25) is 4.79 Å². The fraction of sp³-hybridized carbons (Fsp3) is 0.250. The Bertz CT molecular complexity index is 1120. The van der Waals surface area contributed by atoms with E-state index in [-0.39, 0.29) is 34.7 Å². The largest absolute Gasteiger partial charge is 0.463 e. The first kappa shape index (κ1) is 24.0. The topological polar surface area (TPSA) is 107 Å². The molecule has 0 bridgehead atoms. The van der Waals surface area contributed by atoms with Gasteiger partial charge in [0.25, 0.3) is 5.88 Å². The number of imide groups is 1. The Labute approximate surface area is 189 Å². The fourth-order valence-corrected chi connectivity index (χ4v) is 2.83. The van der Waals surface area contributed by atoms with Crippen LogP contribution in [0.15, 0.2) is 41.5 Å². The van der Waals surface area contributed by atoms with Crippen molar-refractivity contribution in [1.29, 1.82) is 0 Å². The highest BCUT2D eigenvalue weighted by molar-refractivity contribution is 6.32. The fourth-order valence-electron chi connectivity index (χ4n) is 2.67. The molecular formula is C20H15ClF3N3O6. The summed E-state index contributed by atoms with van der Waals surface area (Å²) in [6.07, 6.45) is -4.61. The van der Waals surface area contributed by atoms with Gasteiger partial charge in [0.1, 0.15) is 11.5 Å². The molecule has 0 fully saturated rings. The van der Waals surface area contributed by atoms with Crippen molar-refractivity contribution in [2.75, 3.05) is 18.1 Å². The predicted molar refractivity (Wildman–Crippen MR) is 109 cm³/mol. The van der Waals surface area contributed by atoms with Gasteiger partial charge in [0.15, 0.2) is 12.4 Å². The van der Waals surface area contributed by atoms with Crippen LogP contribution in [0.25, 0.3) is 0 Å². The Kier molecular flexibility index (Phi) is 7.16. The Hall–Kier alpha value is -3.67. The monoisotopic (exact) mass is 485 g/mol. The van der Waals surface area contributed by atoms with Crippen LogP contribution in [0.2, 0.25) is 5.02 Å². The number of urea groups is 1. The molecule has 1 aliphatic heterocycles. The third kappa shape index (κ3) is 5.77. The first-order chi connectivity index (χ1) is 15.6. The van der Waals surface area contributed by atoms with Gasteiger partial charge in [-0.15, -0.1) is 0 Å². The first-order valence-corrected chi connectivity index (χ1v) is 9.70. The van der Waals surface area contributed by atoms with Crippen LogP contribution in [0.5, 0.6) is 17.4 Å². The Morgan fingerprint density at radius 1 is 1.21 bits per heavy atom. The molecule has 3 rings (SSSR count). The number of hydrogen-bond donors (Lipinski definition) is 0. The normalized spacial score (nSPS) is 14.1. The average Bonchev–Trinajstić information content (AvgIpc) is 2.74. The molecule has 0 radical (unpaired) electrons. The summed E-state index contributed by atoms with van der Waals surface area (Å²) in [6, 6.07) is 5.27. The second-order valence-electron chi connectivity index (χ2n) is 6.36. The second-order valence-corrected chi connectivity index (χ2v) is 6.77. The molecule has 174 valence electrons. The number of nitrogens with zero attached hydrogens (tertiary/aromatic N) is 3. The number of pyridine rings is 1. The smallest absolute Gasteiger partial charge is 0.430 e. The van der Waals surface area contributed by atoms with Crippen LogP contribution in [0, 0.1) is 0 Å². The van der Waals surface area contributed by atoms with E-state index in [1.807, 2.05) is 0 Å². The van der Waals surface area contributed by atoms with Crippen LogP contribution < -0.4 is 14.4 Å². The number of ether oxygens (including phenoxy) is 3. The lowest BCUT2D eigenvalue weighted by molar-refractivity contribution is -0.145. The lowest BCUT2D eigenvalue weighted by atomic mass is 10.1. The molecule has 1 aromatic heterocycles. The molecule has 1 aromatic carbocycles. The van der Waals surface area contributed by atoms with Crippen molar-refractivity contribution < 1.29 is 41.8 Å². The van der Waals surface area contributed by atoms with Gasteiger partial charge in [-0.05, 0) is 31.2 Å². The number of alkyl halides is 3. The highest BCUT2D eigenvalue weighted by atomic mass is 35.5. The van der Waals surface area contributed by atoms with Crippen molar-refractivity contribution in [2.45, 2.75) is 19.5 Å². The van der Waals surface area contributed by atoms with E-state index in [0.29, 0.717) is 4.90 Å². The number of carbonyl (C=O) groups is 3. The summed E-state index contributed by atoms with van der Waals surface area (Å²) in [5.41, 5.74) is -1.58. The molecule has 0 saturated heterocycles. The molecule has 2 aromatic rings. The standard InChI is InChI=1S/C20H15ClF3N3O6/c1-2-31-17(29)10-32-18-13(4-3-7-25-18)33-14-8-11(5-6-12(14)21)27-16(28)9-15(20(22,23)24)26-19(27)30/h3-8H,2,9-10H2,1H3. The van der Waals surface area contributed by atoms with Gasteiger partial charge in [-0.2, -0.15) is 18.2 Å². The van der Waals surface area contributed by atoms with E-state index >= 15 is 0 Å². The lowest BCUT2D eigenvalue weighted by Gasteiger charge is -2.24. The summed E-state index contributed by atoms with van der Waals surface area (Å²) in [4.78, 5) is 43.3. The van der Waals surface area contributed by atoms with E-state index in [1.165, 1.54) is 36.5 Å². The average molecular weight is 486 g/mol. The minimum atomic E-state index is -4.90. The highest BCUT2D eigenvalue weighted by Gasteiger charge is 2.43. The number of carbonyl (C=O) groups excluding carboxylic acids is 3. The first-order valence-electron chi connectivity index (χ1n) is 9.32. The van der Waals surface area contributed by atoms with E-state index in [9.17, 15) is 27.6 Å². The number of rotatable bonds is 7. The van der Waals surface area contributed by atoms with E-state index in [0.717, 1.165) is 0 Å². The van der Waals surface area contributed by atoms with E-state index in [2.05, 4.69) is 9.98 Å². The minimum Gasteiger partial charge on any atom is -0.463 e. The van der Waals surface area contributed by atoms with Crippen LogP contribution in [0.1, 0.15) is 13.3 Å². The number of aliphatic imine (C=N–C) groups is 1. The van der Waals surface area contributed by atoms with Crippen LogP contribution in [-0.4, -0.2) is 48.0 Å². The summed E-state index contributed by atoms with van der Waals surface area (Å²) in [6.45, 7) is 1.36. The number of anilines is 1. The second kappa shape index (κ2) is 9.86. The van der Waals surface area contributed by atoms with Crippen molar-refractivity contribution in [3.63, 3.8) is 0 Å². The minimum absolute atomic E-state index is 0.0366. The van der Waals surface area contributed by atoms with E-state index < -0.39 is 42.8 Å². The van der Waals surface area contributed by atoms with Gasteiger partial charge in [-0.1, -0.05) is 11.6 Å². The van der Waals surface area contributed by atoms with Gasteiger partial charge < -0.3 is 14.2 Å². The summed E-state index contributed by atoms with van der Waals surface area (Å²) in [5, 5.41) is 0.0512.